The van der Waals surface area contributed by atoms with Gasteiger partial charge in [-0.15, -0.1) is 0 Å². The lowest BCUT2D eigenvalue weighted by Crippen LogP contribution is -2.44. The van der Waals surface area contributed by atoms with Crippen molar-refractivity contribution in [2.75, 3.05) is 7.11 Å². The van der Waals surface area contributed by atoms with Gasteiger partial charge in [0, 0.05) is 12.8 Å². The Kier molecular flexibility index (Phi) is 8.38. The Labute approximate surface area is 147 Å². The molecule has 0 aromatic heterocycles. The van der Waals surface area contributed by atoms with E-state index in [9.17, 15) is 19.2 Å². The van der Waals surface area contributed by atoms with E-state index in [1.54, 1.807) is 41.5 Å². The number of amides is 2. The molecule has 0 aliphatic rings. The van der Waals surface area contributed by atoms with E-state index < -0.39 is 35.3 Å². The van der Waals surface area contributed by atoms with Gasteiger partial charge in [0.05, 0.1) is 7.11 Å². The van der Waals surface area contributed by atoms with Gasteiger partial charge in [0.25, 0.3) is 0 Å². The third-order valence-corrected chi connectivity index (χ3v) is 2.30. The van der Waals surface area contributed by atoms with E-state index in [-0.39, 0.29) is 24.3 Å². The zero-order valence-corrected chi connectivity index (χ0v) is 15.8. The third-order valence-electron chi connectivity index (χ3n) is 2.30. The van der Waals surface area contributed by atoms with Gasteiger partial charge in [-0.2, -0.15) is 0 Å². The second-order valence-electron chi connectivity index (χ2n) is 7.15. The van der Waals surface area contributed by atoms with Crippen molar-refractivity contribution in [3.63, 3.8) is 0 Å². The number of nitrogens with zero attached hydrogens (tertiary/aromatic N) is 1. The SMILES string of the molecule is COC(=O)CCCC(=O)ON(C(=O)OC(C)(C)C)C(=O)OC(C)(C)C. The summed E-state index contributed by atoms with van der Waals surface area (Å²) in [7, 11) is 1.23. The maximum atomic E-state index is 12.1. The van der Waals surface area contributed by atoms with Crippen molar-refractivity contribution in [2.45, 2.75) is 72.0 Å². The number of carbonyl (C=O) groups excluding carboxylic acids is 4. The van der Waals surface area contributed by atoms with Crippen molar-refractivity contribution in [2.24, 2.45) is 0 Å². The summed E-state index contributed by atoms with van der Waals surface area (Å²) < 4.78 is 14.5. The highest BCUT2D eigenvalue weighted by atomic mass is 16.8. The van der Waals surface area contributed by atoms with Crippen LogP contribution in [0.5, 0.6) is 0 Å². The van der Waals surface area contributed by atoms with Crippen LogP contribution < -0.4 is 0 Å². The van der Waals surface area contributed by atoms with Gasteiger partial charge in [0.1, 0.15) is 11.2 Å². The fourth-order valence-electron chi connectivity index (χ4n) is 1.38. The molecule has 0 saturated carbocycles. The van der Waals surface area contributed by atoms with Crippen molar-refractivity contribution in [3.8, 4) is 0 Å². The van der Waals surface area contributed by atoms with Crippen LogP contribution in [0.1, 0.15) is 60.8 Å². The minimum atomic E-state index is -1.18. The van der Waals surface area contributed by atoms with Gasteiger partial charge >= 0.3 is 24.1 Å². The number of hydrogen-bond acceptors (Lipinski definition) is 8. The Hall–Kier alpha value is -2.32. The summed E-state index contributed by atoms with van der Waals surface area (Å²) in [6, 6.07) is 0. The molecule has 0 unspecified atom stereocenters. The number of carbonyl (C=O) groups is 4. The number of imide groups is 1. The maximum Gasteiger partial charge on any atom is 0.454 e. The van der Waals surface area contributed by atoms with Gasteiger partial charge in [-0.25, -0.2) is 14.4 Å². The Bertz CT molecular complexity index is 473. The minimum Gasteiger partial charge on any atom is -0.469 e. The van der Waals surface area contributed by atoms with Crippen molar-refractivity contribution >= 4 is 24.1 Å². The van der Waals surface area contributed by atoms with Gasteiger partial charge in [-0.3, -0.25) is 4.79 Å². The molecule has 0 aliphatic carbocycles. The summed E-state index contributed by atoms with van der Waals surface area (Å²) >= 11 is 0. The molecule has 0 atom stereocenters. The minimum absolute atomic E-state index is 0.00444. The summed E-state index contributed by atoms with van der Waals surface area (Å²) in [4.78, 5) is 51.8. The van der Waals surface area contributed by atoms with Crippen LogP contribution in [0.4, 0.5) is 9.59 Å². The summed E-state index contributed by atoms with van der Waals surface area (Å²) in [5.41, 5.74) is -1.82. The Balaban J connectivity index is 4.94. The molecule has 0 aromatic carbocycles. The first kappa shape index (κ1) is 22.7. The van der Waals surface area contributed by atoms with Gasteiger partial charge < -0.3 is 19.0 Å². The molecule has 25 heavy (non-hydrogen) atoms. The van der Waals surface area contributed by atoms with Gasteiger partial charge in [0.2, 0.25) is 0 Å². The molecule has 0 fully saturated rings. The average molecular weight is 361 g/mol. The van der Waals surface area contributed by atoms with Crippen molar-refractivity contribution in [1.29, 1.82) is 0 Å². The molecule has 0 N–H and O–H groups in total. The van der Waals surface area contributed by atoms with Crippen LogP contribution in [-0.2, 0) is 28.6 Å². The predicted octanol–water partition coefficient (Wildman–Crippen LogP) is 2.96. The first-order valence-corrected chi connectivity index (χ1v) is 7.79. The number of rotatable bonds is 4. The molecule has 2 amide bonds. The fraction of sp³-hybridized carbons (Fsp3) is 0.750. The second kappa shape index (κ2) is 9.24. The zero-order valence-electron chi connectivity index (χ0n) is 15.8. The van der Waals surface area contributed by atoms with Gasteiger partial charge in [0.15, 0.2) is 0 Å². The standard InChI is InChI=1S/C16H27NO8/c1-15(2,3)23-13(20)17(14(21)24-16(4,5)6)25-12(19)10-8-9-11(18)22-7/h8-10H2,1-7H3. The zero-order chi connectivity index (χ0) is 19.8. The lowest BCUT2D eigenvalue weighted by Gasteiger charge is -2.27. The number of esters is 1. The largest absolute Gasteiger partial charge is 0.469 e. The van der Waals surface area contributed by atoms with E-state index >= 15 is 0 Å². The van der Waals surface area contributed by atoms with Crippen molar-refractivity contribution < 1.29 is 38.2 Å². The number of ether oxygens (including phenoxy) is 3. The van der Waals surface area contributed by atoms with E-state index in [0.717, 1.165) is 0 Å². The molecule has 9 nitrogen and oxygen atoms in total. The molecule has 0 rings (SSSR count). The Morgan fingerprint density at radius 2 is 1.16 bits per heavy atom. The van der Waals surface area contributed by atoms with E-state index in [1.165, 1.54) is 7.11 Å². The topological polar surface area (TPSA) is 108 Å². The Morgan fingerprint density at radius 3 is 1.52 bits per heavy atom. The third kappa shape index (κ3) is 11.0. The van der Waals surface area contributed by atoms with E-state index in [2.05, 4.69) is 4.74 Å². The molecule has 0 radical (unpaired) electrons. The number of methoxy groups -OCH3 is 1. The molecule has 0 saturated heterocycles. The highest BCUT2D eigenvalue weighted by molar-refractivity contribution is 5.88. The van der Waals surface area contributed by atoms with E-state index in [0.29, 0.717) is 0 Å². The van der Waals surface area contributed by atoms with Gasteiger partial charge in [-0.05, 0) is 53.0 Å². The molecule has 0 spiro atoms. The molecular weight excluding hydrogens is 334 g/mol. The Morgan fingerprint density at radius 1 is 0.760 bits per heavy atom. The number of hydrogen-bond donors (Lipinski definition) is 0. The van der Waals surface area contributed by atoms with Crippen molar-refractivity contribution in [1.82, 2.24) is 5.06 Å². The van der Waals surface area contributed by atoms with Crippen LogP contribution in [0.15, 0.2) is 0 Å². The highest BCUT2D eigenvalue weighted by Crippen LogP contribution is 2.15. The lowest BCUT2D eigenvalue weighted by atomic mass is 10.2. The molecule has 0 aliphatic heterocycles. The summed E-state index contributed by atoms with van der Waals surface area (Å²) in [5, 5.41) is 0.136. The van der Waals surface area contributed by atoms with Crippen LogP contribution >= 0.6 is 0 Å². The summed E-state index contributed by atoms with van der Waals surface area (Å²) in [6.07, 6.45) is -2.41. The van der Waals surface area contributed by atoms with Crippen LogP contribution in [0.3, 0.4) is 0 Å². The van der Waals surface area contributed by atoms with E-state index in [4.69, 9.17) is 14.3 Å². The monoisotopic (exact) mass is 361 g/mol. The summed E-state index contributed by atoms with van der Waals surface area (Å²) in [5.74, 6) is -1.37. The summed E-state index contributed by atoms with van der Waals surface area (Å²) in [6.45, 7) is 9.56. The van der Waals surface area contributed by atoms with Crippen LogP contribution in [-0.4, -0.2) is 47.5 Å². The number of hydroxylamine groups is 2. The van der Waals surface area contributed by atoms with E-state index in [1.807, 2.05) is 0 Å². The smallest absolute Gasteiger partial charge is 0.454 e. The quantitative estimate of drug-likeness (QED) is 0.427. The van der Waals surface area contributed by atoms with Crippen LogP contribution in [0, 0.1) is 0 Å². The first-order valence-electron chi connectivity index (χ1n) is 7.79. The van der Waals surface area contributed by atoms with Crippen LogP contribution in [0.25, 0.3) is 0 Å². The normalized spacial score (nSPS) is 11.3. The fourth-order valence-corrected chi connectivity index (χ4v) is 1.38. The highest BCUT2D eigenvalue weighted by Gasteiger charge is 2.34. The molecule has 0 aromatic rings. The molecular formula is C16H27NO8. The van der Waals surface area contributed by atoms with Gasteiger partial charge in [-0.1, -0.05) is 0 Å². The molecule has 0 bridgehead atoms. The van der Waals surface area contributed by atoms with Crippen molar-refractivity contribution in [3.05, 3.63) is 0 Å². The molecule has 0 heterocycles. The second-order valence-corrected chi connectivity index (χ2v) is 7.15. The lowest BCUT2D eigenvalue weighted by molar-refractivity contribution is -0.180. The maximum absolute atomic E-state index is 12.1. The predicted molar refractivity (Wildman–Crippen MR) is 86.3 cm³/mol. The van der Waals surface area contributed by atoms with Crippen LogP contribution in [0.2, 0.25) is 0 Å². The average Bonchev–Trinajstić information content (AvgIpc) is 2.40. The first-order chi connectivity index (χ1) is 11.2. The molecule has 9 heteroatoms. The molecule has 144 valence electrons.